The van der Waals surface area contributed by atoms with Crippen LogP contribution in [0.2, 0.25) is 10.0 Å². The Balaban J connectivity index is 1.98. The van der Waals surface area contributed by atoms with Crippen LogP contribution in [-0.4, -0.2) is 43.5 Å². The normalized spacial score (nSPS) is 18.4. The summed E-state index contributed by atoms with van der Waals surface area (Å²) in [6, 6.07) is 5.32. The second-order valence-electron chi connectivity index (χ2n) is 6.14. The van der Waals surface area contributed by atoms with E-state index in [1.165, 1.54) is 0 Å². The van der Waals surface area contributed by atoms with Gasteiger partial charge in [0.2, 0.25) is 0 Å². The highest BCUT2D eigenvalue weighted by Crippen LogP contribution is 2.29. The molecule has 1 aromatic carbocycles. The number of piperidine rings is 1. The van der Waals surface area contributed by atoms with E-state index in [0.717, 1.165) is 24.9 Å². The van der Waals surface area contributed by atoms with Crippen LogP contribution in [0.1, 0.15) is 12.8 Å². The molecule has 1 atom stereocenters. The van der Waals surface area contributed by atoms with Crippen LogP contribution >= 0.6 is 35.4 Å². The summed E-state index contributed by atoms with van der Waals surface area (Å²) >= 11 is 18.0. The van der Waals surface area contributed by atoms with E-state index in [1.54, 1.807) is 22.9 Å². The van der Waals surface area contributed by atoms with Gasteiger partial charge in [-0.15, -0.1) is 6.58 Å². The maximum absolute atomic E-state index is 9.87. The molecule has 1 fully saturated rings. The molecule has 0 bridgehead atoms. The smallest absolute Gasteiger partial charge is 0.199 e. The van der Waals surface area contributed by atoms with Gasteiger partial charge in [-0.2, -0.15) is 5.10 Å². The average Bonchev–Trinajstić information content (AvgIpc) is 2.85. The lowest BCUT2D eigenvalue weighted by molar-refractivity contribution is 0.0513. The lowest BCUT2D eigenvalue weighted by atomic mass is 10.1. The molecule has 5 nitrogen and oxygen atoms in total. The summed E-state index contributed by atoms with van der Waals surface area (Å²) < 4.78 is 4.27. The first-order chi connectivity index (χ1) is 12.0. The van der Waals surface area contributed by atoms with E-state index in [1.807, 2.05) is 10.6 Å². The summed E-state index contributed by atoms with van der Waals surface area (Å²) in [5.74, 6) is 0.684. The lowest BCUT2D eigenvalue weighted by Gasteiger charge is -2.29. The Morgan fingerprint density at radius 1 is 1.40 bits per heavy atom. The summed E-state index contributed by atoms with van der Waals surface area (Å²) in [5.41, 5.74) is 0.774. The van der Waals surface area contributed by atoms with Crippen LogP contribution in [0.25, 0.3) is 11.4 Å². The molecule has 0 saturated carbocycles. The molecule has 134 valence electrons. The fourth-order valence-corrected chi connectivity index (χ4v) is 3.80. The third-order valence-electron chi connectivity index (χ3n) is 4.22. The highest BCUT2D eigenvalue weighted by atomic mass is 35.5. The zero-order valence-electron chi connectivity index (χ0n) is 13.7. The summed E-state index contributed by atoms with van der Waals surface area (Å²) in [4.78, 5) is 2.16. The Labute approximate surface area is 162 Å². The Morgan fingerprint density at radius 3 is 2.88 bits per heavy atom. The Bertz CT molecular complexity index is 833. The molecule has 1 aromatic heterocycles. The minimum atomic E-state index is -0.289. The molecule has 0 aliphatic carbocycles. The molecule has 0 spiro atoms. The molecule has 1 aliphatic heterocycles. The van der Waals surface area contributed by atoms with Crippen LogP contribution in [0.3, 0.4) is 0 Å². The third-order valence-corrected chi connectivity index (χ3v) is 5.20. The van der Waals surface area contributed by atoms with Crippen molar-refractivity contribution in [1.82, 2.24) is 19.2 Å². The van der Waals surface area contributed by atoms with E-state index < -0.39 is 0 Å². The molecular weight excluding hydrogens is 379 g/mol. The van der Waals surface area contributed by atoms with Gasteiger partial charge in [-0.25, -0.2) is 4.68 Å². The van der Waals surface area contributed by atoms with Crippen LogP contribution in [-0.2, 0) is 13.2 Å². The van der Waals surface area contributed by atoms with Gasteiger partial charge in [0.15, 0.2) is 10.6 Å². The summed E-state index contributed by atoms with van der Waals surface area (Å²) in [6.45, 7) is 6.43. The van der Waals surface area contributed by atoms with Crippen molar-refractivity contribution < 1.29 is 5.11 Å². The number of nitrogens with zero attached hydrogens (tertiary/aromatic N) is 4. The Kier molecular flexibility index (Phi) is 5.96. The predicted molar refractivity (Wildman–Crippen MR) is 104 cm³/mol. The van der Waals surface area contributed by atoms with Gasteiger partial charge in [-0.1, -0.05) is 29.3 Å². The molecule has 1 N–H and O–H groups in total. The summed E-state index contributed by atoms with van der Waals surface area (Å²) in [5, 5.41) is 15.7. The van der Waals surface area contributed by atoms with Crippen molar-refractivity contribution in [2.75, 3.05) is 13.1 Å². The molecule has 1 saturated heterocycles. The highest BCUT2D eigenvalue weighted by Gasteiger charge is 2.20. The third kappa shape index (κ3) is 4.15. The van der Waals surface area contributed by atoms with Crippen molar-refractivity contribution in [1.29, 1.82) is 0 Å². The first-order valence-electron chi connectivity index (χ1n) is 8.14. The first kappa shape index (κ1) is 18.6. The van der Waals surface area contributed by atoms with Gasteiger partial charge in [0, 0.05) is 30.2 Å². The van der Waals surface area contributed by atoms with E-state index in [9.17, 15) is 5.11 Å². The van der Waals surface area contributed by atoms with E-state index >= 15 is 0 Å². The van der Waals surface area contributed by atoms with Crippen molar-refractivity contribution in [2.24, 2.45) is 0 Å². The lowest BCUT2D eigenvalue weighted by Crippen LogP contribution is -2.39. The quantitative estimate of drug-likeness (QED) is 0.610. The van der Waals surface area contributed by atoms with Gasteiger partial charge in [0.25, 0.3) is 0 Å². The van der Waals surface area contributed by atoms with Gasteiger partial charge in [0.05, 0.1) is 17.8 Å². The summed E-state index contributed by atoms with van der Waals surface area (Å²) in [6.07, 6.45) is 3.30. The molecule has 0 unspecified atom stereocenters. The number of hydrogen-bond acceptors (Lipinski definition) is 4. The topological polar surface area (TPSA) is 46.2 Å². The van der Waals surface area contributed by atoms with Crippen molar-refractivity contribution in [3.63, 3.8) is 0 Å². The number of rotatable bonds is 5. The predicted octanol–water partition coefficient (Wildman–Crippen LogP) is 3.99. The Morgan fingerprint density at radius 2 is 2.20 bits per heavy atom. The van der Waals surface area contributed by atoms with Crippen LogP contribution in [0.15, 0.2) is 30.9 Å². The van der Waals surface area contributed by atoms with Gasteiger partial charge >= 0.3 is 0 Å². The van der Waals surface area contributed by atoms with Crippen LogP contribution in [0, 0.1) is 4.77 Å². The number of halogens is 2. The number of aliphatic hydroxyl groups is 1. The fraction of sp³-hybridized carbons (Fsp3) is 0.412. The van der Waals surface area contributed by atoms with Gasteiger partial charge < -0.3 is 5.11 Å². The SMILES string of the molecule is C=CCn1c(-c2ccc(Cl)cc2Cl)nn(CN2CCC[C@@H](O)C2)c1=S. The molecule has 2 aromatic rings. The monoisotopic (exact) mass is 398 g/mol. The van der Waals surface area contributed by atoms with Gasteiger partial charge in [0.1, 0.15) is 0 Å². The van der Waals surface area contributed by atoms with E-state index in [4.69, 9.17) is 35.4 Å². The number of likely N-dealkylation sites (tertiary alicyclic amines) is 1. The summed E-state index contributed by atoms with van der Waals surface area (Å²) in [7, 11) is 0. The number of β-amino-alcohol motifs (C(OH)–C–C–N with tert-alkyl or cyclic N) is 1. The van der Waals surface area contributed by atoms with Crippen molar-refractivity contribution in [3.05, 3.63) is 45.7 Å². The maximum Gasteiger partial charge on any atom is 0.199 e. The molecule has 3 rings (SSSR count). The minimum Gasteiger partial charge on any atom is -0.392 e. The van der Waals surface area contributed by atoms with Crippen LogP contribution in [0.5, 0.6) is 0 Å². The second-order valence-corrected chi connectivity index (χ2v) is 7.35. The molecule has 8 heteroatoms. The maximum atomic E-state index is 9.87. The Hall–Kier alpha value is -1.18. The van der Waals surface area contributed by atoms with Crippen molar-refractivity contribution >= 4 is 35.4 Å². The van der Waals surface area contributed by atoms with E-state index in [2.05, 4.69) is 16.6 Å². The molecule has 0 radical (unpaired) electrons. The van der Waals surface area contributed by atoms with Crippen LogP contribution in [0.4, 0.5) is 0 Å². The highest BCUT2D eigenvalue weighted by molar-refractivity contribution is 7.71. The molecule has 2 heterocycles. The number of hydrogen-bond donors (Lipinski definition) is 1. The van der Waals surface area contributed by atoms with Gasteiger partial charge in [-0.3, -0.25) is 9.47 Å². The zero-order chi connectivity index (χ0) is 18.0. The van der Waals surface area contributed by atoms with E-state index in [-0.39, 0.29) is 6.10 Å². The molecule has 25 heavy (non-hydrogen) atoms. The van der Waals surface area contributed by atoms with E-state index in [0.29, 0.717) is 40.4 Å². The number of aliphatic hydroxyl groups excluding tert-OH is 1. The zero-order valence-corrected chi connectivity index (χ0v) is 16.1. The molecule has 0 amide bonds. The number of allylic oxidation sites excluding steroid dienone is 1. The first-order valence-corrected chi connectivity index (χ1v) is 9.30. The minimum absolute atomic E-state index is 0.289. The standard InChI is InChI=1S/C17H20Cl2N4OS/c1-2-7-22-16(14-6-5-12(18)9-15(14)19)20-23(17(22)25)11-21-8-3-4-13(24)10-21/h2,5-6,9,13,24H,1,3-4,7-8,10-11H2/t13-/m1/s1. The fourth-order valence-electron chi connectivity index (χ4n) is 3.05. The number of benzene rings is 1. The van der Waals surface area contributed by atoms with Crippen LogP contribution < -0.4 is 0 Å². The van der Waals surface area contributed by atoms with Gasteiger partial charge in [-0.05, 0) is 43.3 Å². The molecule has 1 aliphatic rings. The average molecular weight is 399 g/mol. The molecular formula is C17H20Cl2N4OS. The van der Waals surface area contributed by atoms with Crippen molar-refractivity contribution in [3.8, 4) is 11.4 Å². The second kappa shape index (κ2) is 8.01. The largest absolute Gasteiger partial charge is 0.392 e. The van der Waals surface area contributed by atoms with Crippen molar-refractivity contribution in [2.45, 2.75) is 32.2 Å². The number of aromatic nitrogens is 3.